The minimum absolute atomic E-state index is 0.890. The molecular weight excluding hydrogens is 328 g/mol. The minimum atomic E-state index is 0.890. The van der Waals surface area contributed by atoms with Crippen molar-refractivity contribution in [2.45, 2.75) is 33.4 Å². The van der Waals surface area contributed by atoms with E-state index in [4.69, 9.17) is 4.74 Å². The highest BCUT2D eigenvalue weighted by Crippen LogP contribution is 2.20. The van der Waals surface area contributed by atoms with E-state index in [2.05, 4.69) is 59.4 Å². The summed E-state index contributed by atoms with van der Waals surface area (Å²) in [4.78, 5) is 6.65. The van der Waals surface area contributed by atoms with Crippen molar-refractivity contribution < 1.29 is 4.74 Å². The first-order valence-electron chi connectivity index (χ1n) is 9.32. The van der Waals surface area contributed by atoms with Crippen LogP contribution < -0.4 is 0 Å². The lowest BCUT2D eigenvalue weighted by molar-refractivity contribution is 0.0359. The average Bonchev–Trinajstić information content (AvgIpc) is 3.02. The van der Waals surface area contributed by atoms with E-state index in [1.807, 2.05) is 11.3 Å². The summed E-state index contributed by atoms with van der Waals surface area (Å²) in [6, 6.07) is 11.0. The largest absolute Gasteiger partial charge is 0.379 e. The van der Waals surface area contributed by atoms with Gasteiger partial charge >= 0.3 is 0 Å². The van der Waals surface area contributed by atoms with Crippen molar-refractivity contribution in [3.63, 3.8) is 0 Å². The van der Waals surface area contributed by atoms with E-state index >= 15 is 0 Å². The molecule has 1 aromatic heterocycles. The van der Waals surface area contributed by atoms with Gasteiger partial charge in [0.05, 0.1) is 13.2 Å². The van der Waals surface area contributed by atoms with Crippen molar-refractivity contribution in [3.8, 4) is 0 Å². The SMILES string of the molecule is Cc1ccccc1CN(CCCN1CCOCC1)Cc1sccc1C. The van der Waals surface area contributed by atoms with E-state index in [0.29, 0.717) is 0 Å². The van der Waals surface area contributed by atoms with E-state index < -0.39 is 0 Å². The fraction of sp³-hybridized carbons (Fsp3) is 0.524. The third-order valence-corrected chi connectivity index (χ3v) is 6.05. The number of hydrogen-bond acceptors (Lipinski definition) is 4. The first-order valence-corrected chi connectivity index (χ1v) is 10.2. The second kappa shape index (κ2) is 9.48. The maximum atomic E-state index is 5.45. The second-order valence-corrected chi connectivity index (χ2v) is 7.97. The van der Waals surface area contributed by atoms with Crippen LogP contribution in [0.1, 0.15) is 28.0 Å². The molecule has 0 unspecified atom stereocenters. The van der Waals surface area contributed by atoms with Crippen molar-refractivity contribution in [3.05, 3.63) is 57.3 Å². The number of aryl methyl sites for hydroxylation is 2. The van der Waals surface area contributed by atoms with E-state index in [1.54, 1.807) is 0 Å². The van der Waals surface area contributed by atoms with Gasteiger partial charge in [-0.1, -0.05) is 24.3 Å². The van der Waals surface area contributed by atoms with Gasteiger partial charge in [-0.2, -0.15) is 0 Å². The molecule has 136 valence electrons. The molecule has 0 aliphatic carbocycles. The monoisotopic (exact) mass is 358 g/mol. The van der Waals surface area contributed by atoms with Gasteiger partial charge in [-0.3, -0.25) is 9.80 Å². The molecule has 1 aromatic carbocycles. The Hall–Kier alpha value is -1.20. The average molecular weight is 359 g/mol. The maximum absolute atomic E-state index is 5.45. The molecule has 1 aliphatic rings. The van der Waals surface area contributed by atoms with Crippen LogP contribution in [0.25, 0.3) is 0 Å². The molecule has 25 heavy (non-hydrogen) atoms. The zero-order valence-corrected chi connectivity index (χ0v) is 16.4. The predicted molar refractivity (Wildman–Crippen MR) is 106 cm³/mol. The Labute approximate surface area is 156 Å². The van der Waals surface area contributed by atoms with Gasteiger partial charge in [-0.15, -0.1) is 11.3 Å². The lowest BCUT2D eigenvalue weighted by Gasteiger charge is -2.28. The first kappa shape index (κ1) is 18.6. The molecular formula is C21H30N2OS. The number of hydrogen-bond donors (Lipinski definition) is 0. The van der Waals surface area contributed by atoms with Crippen LogP contribution in [0.2, 0.25) is 0 Å². The standard InChI is InChI=1S/C21H30N2OS/c1-18-6-3-4-7-20(18)16-23(17-21-19(2)8-15-25-21)10-5-9-22-11-13-24-14-12-22/h3-4,6-8,15H,5,9-14,16-17H2,1-2H3. The van der Waals surface area contributed by atoms with Gasteiger partial charge in [0.2, 0.25) is 0 Å². The predicted octanol–water partition coefficient (Wildman–Crippen LogP) is 4.09. The molecule has 2 heterocycles. The molecule has 0 saturated carbocycles. The van der Waals surface area contributed by atoms with Crippen LogP contribution >= 0.6 is 11.3 Å². The first-order chi connectivity index (χ1) is 12.2. The fourth-order valence-corrected chi connectivity index (χ4v) is 4.30. The van der Waals surface area contributed by atoms with Crippen LogP contribution in [0.4, 0.5) is 0 Å². The highest BCUT2D eigenvalue weighted by molar-refractivity contribution is 7.10. The molecule has 0 N–H and O–H groups in total. The van der Waals surface area contributed by atoms with E-state index in [1.165, 1.54) is 34.5 Å². The Balaban J connectivity index is 1.59. The summed E-state index contributed by atoms with van der Waals surface area (Å²) < 4.78 is 5.45. The van der Waals surface area contributed by atoms with Gasteiger partial charge < -0.3 is 4.74 Å². The molecule has 4 heteroatoms. The molecule has 0 amide bonds. The van der Waals surface area contributed by atoms with E-state index in [0.717, 1.165) is 45.9 Å². The molecule has 2 aromatic rings. The summed E-state index contributed by atoms with van der Waals surface area (Å²) in [5.41, 5.74) is 4.26. The molecule has 3 nitrogen and oxygen atoms in total. The topological polar surface area (TPSA) is 15.7 Å². The molecule has 0 spiro atoms. The maximum Gasteiger partial charge on any atom is 0.0594 e. The number of morpholine rings is 1. The summed E-state index contributed by atoms with van der Waals surface area (Å²) in [5.74, 6) is 0. The Kier molecular flexibility index (Phi) is 7.05. The summed E-state index contributed by atoms with van der Waals surface area (Å²) in [5, 5.41) is 2.21. The molecule has 3 rings (SSSR count). The lowest BCUT2D eigenvalue weighted by Crippen LogP contribution is -2.38. The number of thiophene rings is 1. The lowest BCUT2D eigenvalue weighted by atomic mass is 10.1. The molecule has 1 saturated heterocycles. The van der Waals surface area contributed by atoms with Crippen LogP contribution in [0.5, 0.6) is 0 Å². The number of benzene rings is 1. The quantitative estimate of drug-likeness (QED) is 0.707. The summed E-state index contributed by atoms with van der Waals surface area (Å²) in [6.07, 6.45) is 1.22. The fourth-order valence-electron chi connectivity index (χ4n) is 3.35. The highest BCUT2D eigenvalue weighted by Gasteiger charge is 2.13. The number of rotatable bonds is 8. The normalized spacial score (nSPS) is 15.8. The van der Waals surface area contributed by atoms with Crippen molar-refractivity contribution in [1.29, 1.82) is 0 Å². The van der Waals surface area contributed by atoms with Gasteiger partial charge in [0.15, 0.2) is 0 Å². The molecule has 0 atom stereocenters. The van der Waals surface area contributed by atoms with Crippen LogP contribution in [-0.2, 0) is 17.8 Å². The third kappa shape index (κ3) is 5.65. The number of nitrogens with zero attached hydrogens (tertiary/aromatic N) is 2. The molecule has 0 radical (unpaired) electrons. The van der Waals surface area contributed by atoms with Crippen LogP contribution in [0.15, 0.2) is 35.7 Å². The zero-order valence-electron chi connectivity index (χ0n) is 15.5. The Morgan fingerprint density at radius 1 is 1.04 bits per heavy atom. The molecule has 0 bridgehead atoms. The van der Waals surface area contributed by atoms with Gasteiger partial charge in [0.1, 0.15) is 0 Å². The van der Waals surface area contributed by atoms with Gasteiger partial charge in [-0.05, 0) is 54.9 Å². The van der Waals surface area contributed by atoms with Crippen molar-refractivity contribution >= 4 is 11.3 Å². The zero-order chi connectivity index (χ0) is 17.5. The second-order valence-electron chi connectivity index (χ2n) is 6.97. The minimum Gasteiger partial charge on any atom is -0.379 e. The number of ether oxygens (including phenoxy) is 1. The third-order valence-electron chi connectivity index (χ3n) is 5.04. The van der Waals surface area contributed by atoms with Crippen molar-refractivity contribution in [2.75, 3.05) is 39.4 Å². The summed E-state index contributed by atoms with van der Waals surface area (Å²) in [6.45, 7) is 12.8. The van der Waals surface area contributed by atoms with E-state index in [-0.39, 0.29) is 0 Å². The highest BCUT2D eigenvalue weighted by atomic mass is 32.1. The van der Waals surface area contributed by atoms with E-state index in [9.17, 15) is 0 Å². The van der Waals surface area contributed by atoms with Crippen LogP contribution in [0, 0.1) is 13.8 Å². The molecule has 1 aliphatic heterocycles. The smallest absolute Gasteiger partial charge is 0.0594 e. The van der Waals surface area contributed by atoms with Gasteiger partial charge in [-0.25, -0.2) is 0 Å². The Morgan fingerprint density at radius 3 is 2.56 bits per heavy atom. The Bertz CT molecular complexity index is 649. The summed E-state index contributed by atoms with van der Waals surface area (Å²) >= 11 is 1.89. The van der Waals surface area contributed by atoms with Gasteiger partial charge in [0, 0.05) is 37.6 Å². The van der Waals surface area contributed by atoms with Gasteiger partial charge in [0.25, 0.3) is 0 Å². The van der Waals surface area contributed by atoms with Crippen molar-refractivity contribution in [1.82, 2.24) is 9.80 Å². The molecule has 1 fully saturated rings. The summed E-state index contributed by atoms with van der Waals surface area (Å²) in [7, 11) is 0. The Morgan fingerprint density at radius 2 is 1.84 bits per heavy atom. The van der Waals surface area contributed by atoms with Crippen LogP contribution in [-0.4, -0.2) is 49.2 Å². The van der Waals surface area contributed by atoms with Crippen LogP contribution in [0.3, 0.4) is 0 Å². The van der Waals surface area contributed by atoms with Crippen molar-refractivity contribution in [2.24, 2.45) is 0 Å².